The van der Waals surface area contributed by atoms with Gasteiger partial charge < -0.3 is 15.0 Å². The maximum Gasteiger partial charge on any atom is 0.123 e. The van der Waals surface area contributed by atoms with E-state index >= 15 is 0 Å². The number of ether oxygens (including phenoxy) is 1. The van der Waals surface area contributed by atoms with Crippen LogP contribution in [0.3, 0.4) is 0 Å². The van der Waals surface area contributed by atoms with Gasteiger partial charge in [-0.25, -0.2) is 4.39 Å². The summed E-state index contributed by atoms with van der Waals surface area (Å²) in [6.45, 7) is 7.64. The second-order valence-electron chi connectivity index (χ2n) is 5.60. The highest BCUT2D eigenvalue weighted by Crippen LogP contribution is 2.25. The second kappa shape index (κ2) is 7.16. The lowest BCUT2D eigenvalue weighted by Gasteiger charge is -2.36. The summed E-state index contributed by atoms with van der Waals surface area (Å²) in [5.74, 6) is -0.182. The van der Waals surface area contributed by atoms with Gasteiger partial charge in [0.15, 0.2) is 0 Å². The molecule has 0 aromatic heterocycles. The lowest BCUT2D eigenvalue weighted by molar-refractivity contribution is -0.0393. The van der Waals surface area contributed by atoms with Gasteiger partial charge in [-0.3, -0.25) is 0 Å². The average molecular weight is 280 g/mol. The van der Waals surface area contributed by atoms with E-state index in [2.05, 4.69) is 24.2 Å². The first-order valence-electron chi connectivity index (χ1n) is 7.41. The Morgan fingerprint density at radius 3 is 3.00 bits per heavy atom. The molecule has 0 spiro atoms. The molecule has 3 nitrogen and oxygen atoms in total. The summed E-state index contributed by atoms with van der Waals surface area (Å²) in [7, 11) is 2.10. The topological polar surface area (TPSA) is 24.5 Å². The largest absolute Gasteiger partial charge is 0.374 e. The Morgan fingerprint density at radius 2 is 2.30 bits per heavy atom. The monoisotopic (exact) mass is 280 g/mol. The predicted octanol–water partition coefficient (Wildman–Crippen LogP) is 2.51. The van der Waals surface area contributed by atoms with Crippen molar-refractivity contribution in [3.63, 3.8) is 0 Å². The third-order valence-corrected chi connectivity index (χ3v) is 3.86. The summed E-state index contributed by atoms with van der Waals surface area (Å²) in [6.07, 6.45) is 1.12. The highest BCUT2D eigenvalue weighted by molar-refractivity contribution is 5.30. The van der Waals surface area contributed by atoms with Crippen LogP contribution in [0.4, 0.5) is 4.39 Å². The summed E-state index contributed by atoms with van der Waals surface area (Å²) in [6, 6.07) is 5.05. The first-order chi connectivity index (χ1) is 9.61. The summed E-state index contributed by atoms with van der Waals surface area (Å²) in [5, 5.41) is 3.53. The van der Waals surface area contributed by atoms with Crippen LogP contribution in [0.25, 0.3) is 0 Å². The van der Waals surface area contributed by atoms with Crippen LogP contribution in [0.2, 0.25) is 0 Å². The van der Waals surface area contributed by atoms with Crippen molar-refractivity contribution in [2.24, 2.45) is 0 Å². The van der Waals surface area contributed by atoms with Gasteiger partial charge in [0, 0.05) is 13.1 Å². The Labute approximate surface area is 121 Å². The van der Waals surface area contributed by atoms with E-state index in [1.807, 2.05) is 13.0 Å². The average Bonchev–Trinajstić information content (AvgIpc) is 2.43. The van der Waals surface area contributed by atoms with Gasteiger partial charge in [-0.2, -0.15) is 0 Å². The van der Waals surface area contributed by atoms with Crippen LogP contribution >= 0.6 is 0 Å². The Hall–Kier alpha value is -0.970. The van der Waals surface area contributed by atoms with Crippen molar-refractivity contribution in [3.8, 4) is 0 Å². The maximum atomic E-state index is 13.6. The van der Waals surface area contributed by atoms with Crippen molar-refractivity contribution in [2.75, 3.05) is 33.3 Å². The first kappa shape index (κ1) is 15.4. The number of hydrogen-bond acceptors (Lipinski definition) is 3. The molecule has 0 saturated carbocycles. The molecule has 1 aliphatic rings. The number of morpholine rings is 1. The third kappa shape index (κ3) is 3.78. The Balaban J connectivity index is 2.23. The lowest BCUT2D eigenvalue weighted by Crippen LogP contribution is -2.47. The van der Waals surface area contributed by atoms with Crippen LogP contribution in [-0.2, 0) is 4.74 Å². The van der Waals surface area contributed by atoms with Gasteiger partial charge in [-0.1, -0.05) is 13.0 Å². The Morgan fingerprint density at radius 1 is 1.50 bits per heavy atom. The fourth-order valence-electron chi connectivity index (χ4n) is 2.70. The zero-order chi connectivity index (χ0) is 14.5. The minimum atomic E-state index is -0.182. The smallest absolute Gasteiger partial charge is 0.123 e. The van der Waals surface area contributed by atoms with E-state index in [0.29, 0.717) is 0 Å². The van der Waals surface area contributed by atoms with Crippen molar-refractivity contribution < 1.29 is 9.13 Å². The molecule has 1 aromatic carbocycles. The number of halogens is 1. The van der Waals surface area contributed by atoms with Crippen LogP contribution in [0, 0.1) is 12.7 Å². The molecule has 1 fully saturated rings. The summed E-state index contributed by atoms with van der Waals surface area (Å²) in [5.41, 5.74) is 2.12. The van der Waals surface area contributed by atoms with E-state index in [9.17, 15) is 4.39 Å². The molecule has 1 N–H and O–H groups in total. The lowest BCUT2D eigenvalue weighted by atomic mass is 9.95. The van der Waals surface area contributed by atoms with Crippen LogP contribution in [0.1, 0.15) is 30.5 Å². The molecule has 0 amide bonds. The van der Waals surface area contributed by atoms with Gasteiger partial charge in [0.1, 0.15) is 5.82 Å². The standard InChI is InChI=1S/C16H25FN2O/c1-4-7-18-16(15-11-19(3)8-9-20-15)14-10-13(17)6-5-12(14)2/h5-6,10,15-16,18H,4,7-9,11H2,1-3H3. The fraction of sp³-hybridized carbons (Fsp3) is 0.625. The molecular weight excluding hydrogens is 255 g/mol. The van der Waals surface area contributed by atoms with E-state index < -0.39 is 0 Å². The summed E-state index contributed by atoms with van der Waals surface area (Å²) in [4.78, 5) is 2.27. The molecular formula is C16H25FN2O. The number of aryl methyl sites for hydroxylation is 1. The molecule has 4 heteroatoms. The Kier molecular flexibility index (Phi) is 5.52. The minimum absolute atomic E-state index is 0.0494. The number of rotatable bonds is 5. The fourth-order valence-corrected chi connectivity index (χ4v) is 2.70. The van der Waals surface area contributed by atoms with Crippen LogP contribution in [0.15, 0.2) is 18.2 Å². The number of likely N-dealkylation sites (N-methyl/N-ethyl adjacent to an activating group) is 1. The number of hydrogen-bond donors (Lipinski definition) is 1. The van der Waals surface area contributed by atoms with Crippen LogP contribution in [0.5, 0.6) is 0 Å². The van der Waals surface area contributed by atoms with E-state index in [1.54, 1.807) is 6.07 Å². The van der Waals surface area contributed by atoms with Gasteiger partial charge in [0.25, 0.3) is 0 Å². The van der Waals surface area contributed by atoms with E-state index in [-0.39, 0.29) is 18.0 Å². The first-order valence-corrected chi connectivity index (χ1v) is 7.41. The van der Waals surface area contributed by atoms with Crippen molar-refractivity contribution >= 4 is 0 Å². The van der Waals surface area contributed by atoms with Gasteiger partial charge in [0.05, 0.1) is 18.8 Å². The molecule has 2 atom stereocenters. The molecule has 1 aliphatic heterocycles. The number of nitrogens with zero attached hydrogens (tertiary/aromatic N) is 1. The number of benzene rings is 1. The van der Waals surface area contributed by atoms with Crippen molar-refractivity contribution in [1.82, 2.24) is 10.2 Å². The van der Waals surface area contributed by atoms with Crippen molar-refractivity contribution in [3.05, 3.63) is 35.1 Å². The molecule has 0 aliphatic carbocycles. The zero-order valence-corrected chi connectivity index (χ0v) is 12.7. The van der Waals surface area contributed by atoms with Gasteiger partial charge in [-0.05, 0) is 50.2 Å². The van der Waals surface area contributed by atoms with E-state index in [0.717, 1.165) is 43.8 Å². The van der Waals surface area contributed by atoms with Gasteiger partial charge >= 0.3 is 0 Å². The van der Waals surface area contributed by atoms with E-state index in [4.69, 9.17) is 4.74 Å². The summed E-state index contributed by atoms with van der Waals surface area (Å²) >= 11 is 0. The summed E-state index contributed by atoms with van der Waals surface area (Å²) < 4.78 is 19.5. The molecule has 1 aromatic rings. The molecule has 2 unspecified atom stereocenters. The van der Waals surface area contributed by atoms with Crippen molar-refractivity contribution in [1.29, 1.82) is 0 Å². The zero-order valence-electron chi connectivity index (χ0n) is 12.7. The van der Waals surface area contributed by atoms with Crippen molar-refractivity contribution in [2.45, 2.75) is 32.4 Å². The van der Waals surface area contributed by atoms with Crippen LogP contribution in [-0.4, -0.2) is 44.3 Å². The molecule has 1 heterocycles. The molecule has 112 valence electrons. The quantitative estimate of drug-likeness (QED) is 0.897. The molecule has 20 heavy (non-hydrogen) atoms. The second-order valence-corrected chi connectivity index (χ2v) is 5.60. The molecule has 0 bridgehead atoms. The third-order valence-electron chi connectivity index (χ3n) is 3.86. The predicted molar refractivity (Wildman–Crippen MR) is 79.4 cm³/mol. The maximum absolute atomic E-state index is 13.6. The SMILES string of the molecule is CCCNC(c1cc(F)ccc1C)C1CN(C)CCO1. The molecule has 2 rings (SSSR count). The van der Waals surface area contributed by atoms with Crippen LogP contribution < -0.4 is 5.32 Å². The minimum Gasteiger partial charge on any atom is -0.374 e. The highest BCUT2D eigenvalue weighted by atomic mass is 19.1. The van der Waals surface area contributed by atoms with Gasteiger partial charge in [0.2, 0.25) is 0 Å². The normalized spacial score (nSPS) is 21.9. The van der Waals surface area contributed by atoms with E-state index in [1.165, 1.54) is 6.07 Å². The number of nitrogens with one attached hydrogen (secondary N) is 1. The Bertz CT molecular complexity index is 438. The molecule has 0 radical (unpaired) electrons. The molecule has 1 saturated heterocycles. The highest BCUT2D eigenvalue weighted by Gasteiger charge is 2.28. The van der Waals surface area contributed by atoms with Gasteiger partial charge in [-0.15, -0.1) is 0 Å².